The summed E-state index contributed by atoms with van der Waals surface area (Å²) in [5.74, 6) is -0.143. The molecule has 0 aromatic rings. The van der Waals surface area contributed by atoms with Crippen LogP contribution in [-0.2, 0) is 9.53 Å². The molecule has 2 heteroatoms. The first-order valence-electron chi connectivity index (χ1n) is 7.70. The van der Waals surface area contributed by atoms with Gasteiger partial charge in [0.05, 0.1) is 0 Å². The van der Waals surface area contributed by atoms with Crippen molar-refractivity contribution in [2.24, 2.45) is 0 Å². The van der Waals surface area contributed by atoms with E-state index in [9.17, 15) is 4.79 Å². The van der Waals surface area contributed by atoms with Gasteiger partial charge in [0.25, 0.3) is 0 Å². The minimum absolute atomic E-state index is 0.143. The van der Waals surface area contributed by atoms with Crippen LogP contribution >= 0.6 is 0 Å². The van der Waals surface area contributed by atoms with Crippen LogP contribution in [0.4, 0.5) is 0 Å². The number of carbonyl (C=O) groups excluding carboxylic acids is 1. The van der Waals surface area contributed by atoms with E-state index in [4.69, 9.17) is 4.74 Å². The van der Waals surface area contributed by atoms with E-state index in [1.807, 2.05) is 6.08 Å². The SMILES string of the molecule is CCCCCCC/C=C/C(=O)OC1CCCCC1. The number of ether oxygens (including phenoxy) is 1. The van der Waals surface area contributed by atoms with Crippen molar-refractivity contribution in [3.05, 3.63) is 12.2 Å². The Kier molecular flexibility index (Phi) is 8.62. The van der Waals surface area contributed by atoms with E-state index in [1.54, 1.807) is 6.08 Å². The molecule has 0 spiro atoms. The highest BCUT2D eigenvalue weighted by Crippen LogP contribution is 2.20. The molecule has 1 aliphatic carbocycles. The Bertz CT molecular complexity index is 239. The molecule has 18 heavy (non-hydrogen) atoms. The monoisotopic (exact) mass is 252 g/mol. The van der Waals surface area contributed by atoms with Crippen molar-refractivity contribution in [2.45, 2.75) is 83.7 Å². The molecular weight excluding hydrogens is 224 g/mol. The summed E-state index contributed by atoms with van der Waals surface area (Å²) >= 11 is 0. The fourth-order valence-corrected chi connectivity index (χ4v) is 2.43. The van der Waals surface area contributed by atoms with Gasteiger partial charge in [-0.2, -0.15) is 0 Å². The molecule has 0 N–H and O–H groups in total. The van der Waals surface area contributed by atoms with Crippen LogP contribution in [0.15, 0.2) is 12.2 Å². The van der Waals surface area contributed by atoms with Gasteiger partial charge in [0.2, 0.25) is 0 Å². The van der Waals surface area contributed by atoms with Gasteiger partial charge in [-0.25, -0.2) is 4.79 Å². The van der Waals surface area contributed by atoms with E-state index in [2.05, 4.69) is 6.92 Å². The van der Waals surface area contributed by atoms with Gasteiger partial charge in [-0.1, -0.05) is 45.1 Å². The van der Waals surface area contributed by atoms with Crippen molar-refractivity contribution >= 4 is 5.97 Å². The molecule has 2 nitrogen and oxygen atoms in total. The molecule has 0 unspecified atom stereocenters. The molecule has 1 fully saturated rings. The maximum Gasteiger partial charge on any atom is 0.330 e. The summed E-state index contributed by atoms with van der Waals surface area (Å²) in [6.07, 6.45) is 17.0. The molecule has 0 aromatic carbocycles. The van der Waals surface area contributed by atoms with Gasteiger partial charge in [-0.3, -0.25) is 0 Å². The highest BCUT2D eigenvalue weighted by Gasteiger charge is 2.15. The van der Waals surface area contributed by atoms with E-state index in [1.165, 1.54) is 51.4 Å². The third kappa shape index (κ3) is 7.52. The minimum atomic E-state index is -0.143. The van der Waals surface area contributed by atoms with Crippen molar-refractivity contribution < 1.29 is 9.53 Å². The number of esters is 1. The lowest BCUT2D eigenvalue weighted by molar-refractivity contribution is -0.144. The number of carbonyl (C=O) groups is 1. The lowest BCUT2D eigenvalue weighted by Gasteiger charge is -2.20. The second kappa shape index (κ2) is 10.2. The number of unbranched alkanes of at least 4 members (excludes halogenated alkanes) is 5. The Morgan fingerprint density at radius 1 is 1.11 bits per heavy atom. The molecule has 0 saturated heterocycles. The van der Waals surface area contributed by atoms with Crippen LogP contribution in [0.2, 0.25) is 0 Å². The standard InChI is InChI=1S/C16H28O2/c1-2-3-4-5-6-7-11-14-16(17)18-15-12-9-8-10-13-15/h11,14-15H,2-10,12-13H2,1H3/b14-11+. The zero-order valence-corrected chi connectivity index (χ0v) is 11.8. The molecule has 104 valence electrons. The maximum atomic E-state index is 11.5. The highest BCUT2D eigenvalue weighted by atomic mass is 16.5. The lowest BCUT2D eigenvalue weighted by atomic mass is 9.98. The predicted molar refractivity (Wildman–Crippen MR) is 75.5 cm³/mol. The summed E-state index contributed by atoms with van der Waals surface area (Å²) in [6.45, 7) is 2.22. The molecule has 1 rings (SSSR count). The van der Waals surface area contributed by atoms with Crippen LogP contribution in [0.1, 0.15) is 77.6 Å². The van der Waals surface area contributed by atoms with Crippen LogP contribution in [0.3, 0.4) is 0 Å². The minimum Gasteiger partial charge on any atom is -0.459 e. The summed E-state index contributed by atoms with van der Waals surface area (Å²) in [6, 6.07) is 0. The smallest absolute Gasteiger partial charge is 0.330 e. The van der Waals surface area contributed by atoms with E-state index in [-0.39, 0.29) is 12.1 Å². The van der Waals surface area contributed by atoms with Crippen molar-refractivity contribution in [2.75, 3.05) is 0 Å². The molecule has 0 amide bonds. The van der Waals surface area contributed by atoms with Gasteiger partial charge in [0.15, 0.2) is 0 Å². The molecule has 0 heterocycles. The second-order valence-corrected chi connectivity index (χ2v) is 5.30. The fourth-order valence-electron chi connectivity index (χ4n) is 2.43. The topological polar surface area (TPSA) is 26.3 Å². The molecule has 1 aliphatic rings. The number of allylic oxidation sites excluding steroid dienone is 1. The number of hydrogen-bond acceptors (Lipinski definition) is 2. The number of rotatable bonds is 8. The Morgan fingerprint density at radius 3 is 2.56 bits per heavy atom. The summed E-state index contributed by atoms with van der Waals surface area (Å²) in [5.41, 5.74) is 0. The summed E-state index contributed by atoms with van der Waals surface area (Å²) < 4.78 is 5.41. The third-order valence-electron chi connectivity index (χ3n) is 3.56. The normalized spacial score (nSPS) is 17.2. The summed E-state index contributed by atoms with van der Waals surface area (Å²) in [4.78, 5) is 11.5. The average molecular weight is 252 g/mol. The third-order valence-corrected chi connectivity index (χ3v) is 3.56. The van der Waals surface area contributed by atoms with Gasteiger partial charge in [0.1, 0.15) is 6.10 Å². The molecule has 1 saturated carbocycles. The quantitative estimate of drug-likeness (QED) is 0.353. The van der Waals surface area contributed by atoms with E-state index >= 15 is 0 Å². The molecule has 0 aliphatic heterocycles. The van der Waals surface area contributed by atoms with Crippen LogP contribution in [0.5, 0.6) is 0 Å². The zero-order chi connectivity index (χ0) is 13.1. The summed E-state index contributed by atoms with van der Waals surface area (Å²) in [7, 11) is 0. The zero-order valence-electron chi connectivity index (χ0n) is 11.8. The first kappa shape index (κ1) is 15.3. The number of hydrogen-bond donors (Lipinski definition) is 0. The lowest BCUT2D eigenvalue weighted by Crippen LogP contribution is -2.19. The van der Waals surface area contributed by atoms with Crippen LogP contribution in [0, 0.1) is 0 Å². The molecule has 0 aromatic heterocycles. The Balaban J connectivity index is 2.00. The first-order valence-corrected chi connectivity index (χ1v) is 7.70. The second-order valence-electron chi connectivity index (χ2n) is 5.30. The van der Waals surface area contributed by atoms with Crippen molar-refractivity contribution in [1.29, 1.82) is 0 Å². The van der Waals surface area contributed by atoms with Crippen molar-refractivity contribution in [1.82, 2.24) is 0 Å². The largest absolute Gasteiger partial charge is 0.459 e. The van der Waals surface area contributed by atoms with Crippen molar-refractivity contribution in [3.8, 4) is 0 Å². The Morgan fingerprint density at radius 2 is 1.83 bits per heavy atom. The van der Waals surface area contributed by atoms with Crippen LogP contribution in [-0.4, -0.2) is 12.1 Å². The first-order chi connectivity index (χ1) is 8.83. The highest BCUT2D eigenvalue weighted by molar-refractivity contribution is 5.82. The Hall–Kier alpha value is -0.790. The van der Waals surface area contributed by atoms with E-state index < -0.39 is 0 Å². The van der Waals surface area contributed by atoms with Crippen molar-refractivity contribution in [3.63, 3.8) is 0 Å². The van der Waals surface area contributed by atoms with Gasteiger partial charge >= 0.3 is 5.97 Å². The fraction of sp³-hybridized carbons (Fsp3) is 0.812. The molecular formula is C16H28O2. The van der Waals surface area contributed by atoms with E-state index in [0.29, 0.717) is 0 Å². The maximum absolute atomic E-state index is 11.5. The Labute approximate surface area is 112 Å². The van der Waals surface area contributed by atoms with E-state index in [0.717, 1.165) is 19.3 Å². The van der Waals surface area contributed by atoms with Gasteiger partial charge in [0, 0.05) is 6.08 Å². The summed E-state index contributed by atoms with van der Waals surface area (Å²) in [5, 5.41) is 0. The average Bonchev–Trinajstić information content (AvgIpc) is 2.39. The van der Waals surface area contributed by atoms with Crippen LogP contribution in [0.25, 0.3) is 0 Å². The van der Waals surface area contributed by atoms with Gasteiger partial charge in [-0.15, -0.1) is 0 Å². The van der Waals surface area contributed by atoms with Gasteiger partial charge < -0.3 is 4.74 Å². The molecule has 0 bridgehead atoms. The molecule has 0 atom stereocenters. The predicted octanol–water partition coefficient (Wildman–Crippen LogP) is 4.78. The molecule has 0 radical (unpaired) electrons. The van der Waals surface area contributed by atoms with Gasteiger partial charge in [-0.05, 0) is 38.5 Å². The van der Waals surface area contributed by atoms with Crippen LogP contribution < -0.4 is 0 Å².